The van der Waals surface area contributed by atoms with Gasteiger partial charge in [0.2, 0.25) is 0 Å². The van der Waals surface area contributed by atoms with Gasteiger partial charge in [0.05, 0.1) is 12.8 Å². The molecule has 0 aliphatic heterocycles. The van der Waals surface area contributed by atoms with Gasteiger partial charge >= 0.3 is 12.1 Å². The molecule has 88 valence electrons. The minimum absolute atomic E-state index is 0.0941. The third-order valence-electron chi connectivity index (χ3n) is 2.20. The number of benzene rings is 1. The Kier molecular flexibility index (Phi) is 2.97. The molecule has 1 heterocycles. The van der Waals surface area contributed by atoms with Crippen LogP contribution in [0, 0.1) is 0 Å². The summed E-state index contributed by atoms with van der Waals surface area (Å²) in [6.07, 6.45) is -0.684. The van der Waals surface area contributed by atoms with Gasteiger partial charge in [0.1, 0.15) is 4.88 Å². The smallest absolute Gasteiger partial charge is 0.411 e. The van der Waals surface area contributed by atoms with Gasteiger partial charge < -0.3 is 9.84 Å². The molecule has 0 aliphatic rings. The minimum atomic E-state index is -1.07. The lowest BCUT2D eigenvalue weighted by molar-refractivity contribution is 0.0703. The van der Waals surface area contributed by atoms with Crippen LogP contribution in [0.2, 0.25) is 0 Å². The van der Waals surface area contributed by atoms with Crippen molar-refractivity contribution in [1.82, 2.24) is 0 Å². The van der Waals surface area contributed by atoms with E-state index in [1.165, 1.54) is 7.11 Å². The molecule has 2 rings (SSSR count). The first-order chi connectivity index (χ1) is 8.13. The van der Waals surface area contributed by atoms with Crippen LogP contribution in [0.3, 0.4) is 0 Å². The zero-order valence-electron chi connectivity index (χ0n) is 8.89. The quantitative estimate of drug-likeness (QED) is 0.860. The van der Waals surface area contributed by atoms with E-state index in [0.29, 0.717) is 5.39 Å². The summed E-state index contributed by atoms with van der Waals surface area (Å²) in [6, 6.07) is 7.15. The predicted octanol–water partition coefficient (Wildman–Crippen LogP) is 2.78. The highest BCUT2D eigenvalue weighted by Gasteiger charge is 2.19. The standard InChI is InChI=1S/C11H9NO4S/c1-16-11(15)12-8-6-4-2-3-5-7(6)17-9(8)10(13)14/h2-5H,1H3,(H,12,15)(H,13,14). The molecule has 0 fully saturated rings. The van der Waals surface area contributed by atoms with Crippen LogP contribution in [-0.4, -0.2) is 24.3 Å². The van der Waals surface area contributed by atoms with E-state index in [1.807, 2.05) is 6.07 Å². The van der Waals surface area contributed by atoms with Crippen LogP contribution in [0.25, 0.3) is 10.1 Å². The lowest BCUT2D eigenvalue weighted by Gasteiger charge is -2.03. The summed E-state index contributed by atoms with van der Waals surface area (Å²) in [6.45, 7) is 0. The van der Waals surface area contributed by atoms with Gasteiger partial charge in [-0.05, 0) is 6.07 Å². The summed E-state index contributed by atoms with van der Waals surface area (Å²) in [5.41, 5.74) is 0.282. The van der Waals surface area contributed by atoms with E-state index in [2.05, 4.69) is 10.1 Å². The van der Waals surface area contributed by atoms with Crippen LogP contribution in [0.5, 0.6) is 0 Å². The predicted molar refractivity (Wildman–Crippen MR) is 64.8 cm³/mol. The van der Waals surface area contributed by atoms with Gasteiger partial charge in [0, 0.05) is 10.1 Å². The molecule has 0 radical (unpaired) electrons. The van der Waals surface area contributed by atoms with E-state index in [1.54, 1.807) is 18.2 Å². The number of thiophene rings is 1. The number of hydrogen-bond donors (Lipinski definition) is 2. The molecule has 0 bridgehead atoms. The highest BCUT2D eigenvalue weighted by molar-refractivity contribution is 7.21. The van der Waals surface area contributed by atoms with E-state index in [4.69, 9.17) is 5.11 Å². The van der Waals surface area contributed by atoms with Crippen molar-refractivity contribution in [3.8, 4) is 0 Å². The largest absolute Gasteiger partial charge is 0.477 e. The SMILES string of the molecule is COC(=O)Nc1c(C(=O)O)sc2ccccc12. The van der Waals surface area contributed by atoms with Crippen LogP contribution < -0.4 is 5.32 Å². The fourth-order valence-electron chi connectivity index (χ4n) is 1.47. The number of amides is 1. The maximum atomic E-state index is 11.2. The topological polar surface area (TPSA) is 75.6 Å². The maximum Gasteiger partial charge on any atom is 0.411 e. The van der Waals surface area contributed by atoms with Crippen molar-refractivity contribution in [2.24, 2.45) is 0 Å². The Balaban J connectivity index is 2.59. The lowest BCUT2D eigenvalue weighted by atomic mass is 10.2. The molecule has 0 saturated carbocycles. The van der Waals surface area contributed by atoms with Crippen molar-refractivity contribution in [1.29, 1.82) is 0 Å². The summed E-state index contributed by atoms with van der Waals surface area (Å²) < 4.78 is 5.27. The van der Waals surface area contributed by atoms with Crippen molar-refractivity contribution in [3.05, 3.63) is 29.1 Å². The Morgan fingerprint density at radius 2 is 2.06 bits per heavy atom. The Bertz CT molecular complexity index is 590. The molecule has 17 heavy (non-hydrogen) atoms. The molecule has 0 saturated heterocycles. The molecular formula is C11H9NO4S. The van der Waals surface area contributed by atoms with Gasteiger partial charge in [-0.1, -0.05) is 18.2 Å². The minimum Gasteiger partial charge on any atom is -0.477 e. The lowest BCUT2D eigenvalue weighted by Crippen LogP contribution is -2.12. The Labute approximate surface area is 101 Å². The van der Waals surface area contributed by atoms with Crippen molar-refractivity contribution in [3.63, 3.8) is 0 Å². The third kappa shape index (κ3) is 2.07. The fourth-order valence-corrected chi connectivity index (χ4v) is 2.47. The number of carboxylic acids is 1. The Morgan fingerprint density at radius 3 is 2.71 bits per heavy atom. The van der Waals surface area contributed by atoms with Crippen molar-refractivity contribution < 1.29 is 19.4 Å². The number of ether oxygens (including phenoxy) is 1. The van der Waals surface area contributed by atoms with Gasteiger partial charge in [-0.2, -0.15) is 0 Å². The number of methoxy groups -OCH3 is 1. The van der Waals surface area contributed by atoms with E-state index >= 15 is 0 Å². The zero-order valence-corrected chi connectivity index (χ0v) is 9.71. The second kappa shape index (κ2) is 4.42. The van der Waals surface area contributed by atoms with Gasteiger partial charge in [0.25, 0.3) is 0 Å². The molecule has 1 aromatic carbocycles. The maximum absolute atomic E-state index is 11.2. The summed E-state index contributed by atoms with van der Waals surface area (Å²) >= 11 is 1.11. The Hall–Kier alpha value is -2.08. The summed E-state index contributed by atoms with van der Waals surface area (Å²) in [5.74, 6) is -1.07. The van der Waals surface area contributed by atoms with Gasteiger partial charge in [0.15, 0.2) is 0 Å². The first-order valence-corrected chi connectivity index (χ1v) is 5.55. The van der Waals surface area contributed by atoms with E-state index in [0.717, 1.165) is 16.0 Å². The summed E-state index contributed by atoms with van der Waals surface area (Å²) in [5, 5.41) is 12.2. The summed E-state index contributed by atoms with van der Waals surface area (Å²) in [4.78, 5) is 22.3. The van der Waals surface area contributed by atoms with E-state index in [-0.39, 0.29) is 10.6 Å². The molecule has 2 aromatic rings. The van der Waals surface area contributed by atoms with Crippen LogP contribution in [0.1, 0.15) is 9.67 Å². The van der Waals surface area contributed by atoms with Gasteiger partial charge in [-0.15, -0.1) is 11.3 Å². The molecular weight excluding hydrogens is 242 g/mol. The number of anilines is 1. The summed E-state index contributed by atoms with van der Waals surface area (Å²) in [7, 11) is 1.23. The van der Waals surface area contributed by atoms with E-state index in [9.17, 15) is 9.59 Å². The average Bonchev–Trinajstić information content (AvgIpc) is 2.68. The molecule has 5 nitrogen and oxygen atoms in total. The number of rotatable bonds is 2. The fraction of sp³-hybridized carbons (Fsp3) is 0.0909. The first kappa shape index (κ1) is 11.4. The molecule has 6 heteroatoms. The van der Waals surface area contributed by atoms with Crippen LogP contribution >= 0.6 is 11.3 Å². The third-order valence-corrected chi connectivity index (χ3v) is 3.36. The highest BCUT2D eigenvalue weighted by atomic mass is 32.1. The van der Waals surface area contributed by atoms with Gasteiger partial charge in [-0.3, -0.25) is 5.32 Å². The van der Waals surface area contributed by atoms with Gasteiger partial charge in [-0.25, -0.2) is 9.59 Å². The second-order valence-corrected chi connectivity index (χ2v) is 4.28. The van der Waals surface area contributed by atoms with Crippen LogP contribution in [0.4, 0.5) is 10.5 Å². The highest BCUT2D eigenvalue weighted by Crippen LogP contribution is 2.35. The van der Waals surface area contributed by atoms with E-state index < -0.39 is 12.1 Å². The molecule has 1 aromatic heterocycles. The molecule has 0 spiro atoms. The van der Waals surface area contributed by atoms with Crippen molar-refractivity contribution >= 4 is 39.2 Å². The number of hydrogen-bond acceptors (Lipinski definition) is 4. The number of nitrogens with one attached hydrogen (secondary N) is 1. The van der Waals surface area contributed by atoms with Crippen molar-refractivity contribution in [2.45, 2.75) is 0 Å². The van der Waals surface area contributed by atoms with Crippen molar-refractivity contribution in [2.75, 3.05) is 12.4 Å². The normalized spacial score (nSPS) is 10.2. The van der Waals surface area contributed by atoms with Crippen LogP contribution in [0.15, 0.2) is 24.3 Å². The monoisotopic (exact) mass is 251 g/mol. The molecule has 0 unspecified atom stereocenters. The average molecular weight is 251 g/mol. The number of carbonyl (C=O) groups excluding carboxylic acids is 1. The molecule has 0 atom stereocenters. The number of fused-ring (bicyclic) bond motifs is 1. The van der Waals surface area contributed by atoms with Crippen LogP contribution in [-0.2, 0) is 4.74 Å². The number of aromatic carboxylic acids is 1. The molecule has 2 N–H and O–H groups in total. The molecule has 0 aliphatic carbocycles. The number of carbonyl (C=O) groups is 2. The second-order valence-electron chi connectivity index (χ2n) is 3.22. The first-order valence-electron chi connectivity index (χ1n) is 4.73. The molecule has 1 amide bonds. The Morgan fingerprint density at radius 1 is 1.35 bits per heavy atom. The zero-order chi connectivity index (χ0) is 12.4. The number of carboxylic acid groups (broad SMARTS) is 1.